The molecule has 0 saturated heterocycles. The highest BCUT2D eigenvalue weighted by atomic mass is 16.5. The number of aliphatic hydroxyl groups is 1. The first-order valence-corrected chi connectivity index (χ1v) is 7.01. The second kappa shape index (κ2) is 8.43. The SMILES string of the molecule is CCOc1cccc(C(C)NC(=O)N(CC)CCO)c1. The number of benzene rings is 1. The van der Waals surface area contributed by atoms with Gasteiger partial charge in [0.2, 0.25) is 0 Å². The highest BCUT2D eigenvalue weighted by Crippen LogP contribution is 2.19. The number of amides is 2. The van der Waals surface area contributed by atoms with Crippen molar-refractivity contribution in [2.24, 2.45) is 0 Å². The number of aliphatic hydroxyl groups excluding tert-OH is 1. The summed E-state index contributed by atoms with van der Waals surface area (Å²) in [5.41, 5.74) is 0.990. The molecule has 5 nitrogen and oxygen atoms in total. The number of rotatable bonds is 7. The van der Waals surface area contributed by atoms with Crippen LogP contribution in [0.5, 0.6) is 5.75 Å². The Morgan fingerprint density at radius 3 is 2.80 bits per heavy atom. The molecule has 2 amide bonds. The van der Waals surface area contributed by atoms with Gasteiger partial charge in [-0.05, 0) is 38.5 Å². The van der Waals surface area contributed by atoms with E-state index >= 15 is 0 Å². The second-order valence-electron chi connectivity index (χ2n) is 4.48. The summed E-state index contributed by atoms with van der Waals surface area (Å²) in [6, 6.07) is 7.40. The van der Waals surface area contributed by atoms with Crippen LogP contribution < -0.4 is 10.1 Å². The number of carbonyl (C=O) groups excluding carboxylic acids is 1. The molecule has 0 heterocycles. The van der Waals surface area contributed by atoms with Crippen LogP contribution in [0.4, 0.5) is 4.79 Å². The number of hydrogen-bond acceptors (Lipinski definition) is 3. The number of nitrogens with one attached hydrogen (secondary N) is 1. The number of carbonyl (C=O) groups is 1. The maximum absolute atomic E-state index is 12.0. The van der Waals surface area contributed by atoms with Crippen LogP contribution in [-0.2, 0) is 0 Å². The van der Waals surface area contributed by atoms with Gasteiger partial charge in [0.25, 0.3) is 0 Å². The fraction of sp³-hybridized carbons (Fsp3) is 0.533. The van der Waals surface area contributed by atoms with Gasteiger partial charge in [0.15, 0.2) is 0 Å². The monoisotopic (exact) mass is 280 g/mol. The van der Waals surface area contributed by atoms with Crippen LogP contribution in [0.3, 0.4) is 0 Å². The van der Waals surface area contributed by atoms with Crippen molar-refractivity contribution in [2.75, 3.05) is 26.3 Å². The zero-order valence-electron chi connectivity index (χ0n) is 12.4. The molecule has 1 aromatic carbocycles. The van der Waals surface area contributed by atoms with E-state index in [-0.39, 0.29) is 18.7 Å². The molecular weight excluding hydrogens is 256 g/mol. The summed E-state index contributed by atoms with van der Waals surface area (Å²) in [4.78, 5) is 13.6. The zero-order chi connectivity index (χ0) is 15.0. The van der Waals surface area contributed by atoms with Crippen molar-refractivity contribution >= 4 is 6.03 Å². The molecule has 0 spiro atoms. The average Bonchev–Trinajstić information content (AvgIpc) is 2.45. The molecule has 2 N–H and O–H groups in total. The van der Waals surface area contributed by atoms with Gasteiger partial charge in [-0.25, -0.2) is 4.79 Å². The molecule has 20 heavy (non-hydrogen) atoms. The molecular formula is C15H24N2O3. The van der Waals surface area contributed by atoms with Crippen LogP contribution >= 0.6 is 0 Å². The molecule has 0 aliphatic carbocycles. The van der Waals surface area contributed by atoms with E-state index in [1.807, 2.05) is 45.0 Å². The van der Waals surface area contributed by atoms with Crippen LogP contribution in [0.1, 0.15) is 32.4 Å². The summed E-state index contributed by atoms with van der Waals surface area (Å²) in [7, 11) is 0. The van der Waals surface area contributed by atoms with Gasteiger partial charge in [-0.15, -0.1) is 0 Å². The topological polar surface area (TPSA) is 61.8 Å². The molecule has 112 valence electrons. The summed E-state index contributed by atoms with van der Waals surface area (Å²) in [6.45, 7) is 7.24. The lowest BCUT2D eigenvalue weighted by Gasteiger charge is -2.23. The maximum Gasteiger partial charge on any atom is 0.317 e. The van der Waals surface area contributed by atoms with Crippen LogP contribution in [0.15, 0.2) is 24.3 Å². The first-order valence-electron chi connectivity index (χ1n) is 7.01. The van der Waals surface area contributed by atoms with Gasteiger partial charge in [0.1, 0.15) is 5.75 Å². The van der Waals surface area contributed by atoms with E-state index in [9.17, 15) is 4.79 Å². The van der Waals surface area contributed by atoms with Crippen LogP contribution in [0.2, 0.25) is 0 Å². The largest absolute Gasteiger partial charge is 0.494 e. The standard InChI is InChI=1S/C15H24N2O3/c1-4-17(9-10-18)15(19)16-12(3)13-7-6-8-14(11-13)20-5-2/h6-8,11-12,18H,4-5,9-10H2,1-3H3,(H,16,19). The minimum absolute atomic E-state index is 0.0323. The molecule has 0 aliphatic heterocycles. The Labute approximate surface area is 120 Å². The van der Waals surface area contributed by atoms with E-state index in [2.05, 4.69) is 5.32 Å². The molecule has 0 bridgehead atoms. The number of ether oxygens (including phenoxy) is 1. The second-order valence-corrected chi connectivity index (χ2v) is 4.48. The first-order chi connectivity index (χ1) is 9.62. The van der Waals surface area contributed by atoms with Crippen LogP contribution in [0, 0.1) is 0 Å². The number of urea groups is 1. The van der Waals surface area contributed by atoms with Gasteiger partial charge in [-0.1, -0.05) is 12.1 Å². The Morgan fingerprint density at radius 2 is 2.20 bits per heavy atom. The highest BCUT2D eigenvalue weighted by molar-refractivity contribution is 5.74. The van der Waals surface area contributed by atoms with Crippen molar-refractivity contribution in [1.82, 2.24) is 10.2 Å². The Bertz CT molecular complexity index is 423. The maximum atomic E-state index is 12.0. The smallest absolute Gasteiger partial charge is 0.317 e. The lowest BCUT2D eigenvalue weighted by atomic mass is 10.1. The number of nitrogens with zero attached hydrogens (tertiary/aromatic N) is 1. The van der Waals surface area contributed by atoms with E-state index in [1.165, 1.54) is 0 Å². The van der Waals surface area contributed by atoms with E-state index < -0.39 is 0 Å². The van der Waals surface area contributed by atoms with E-state index in [1.54, 1.807) is 4.90 Å². The van der Waals surface area contributed by atoms with Gasteiger partial charge in [0.05, 0.1) is 19.3 Å². The van der Waals surface area contributed by atoms with Crippen molar-refractivity contribution in [3.05, 3.63) is 29.8 Å². The molecule has 5 heteroatoms. The van der Waals surface area contributed by atoms with Crippen LogP contribution in [-0.4, -0.2) is 42.3 Å². The molecule has 1 rings (SSSR count). The molecule has 0 fully saturated rings. The highest BCUT2D eigenvalue weighted by Gasteiger charge is 2.15. The molecule has 0 aromatic heterocycles. The Kier molecular flexibility index (Phi) is 6.87. The third-order valence-electron chi connectivity index (χ3n) is 3.05. The lowest BCUT2D eigenvalue weighted by molar-refractivity contribution is 0.178. The fourth-order valence-corrected chi connectivity index (χ4v) is 1.92. The van der Waals surface area contributed by atoms with E-state index in [0.29, 0.717) is 19.7 Å². The Morgan fingerprint density at radius 1 is 1.45 bits per heavy atom. The quantitative estimate of drug-likeness (QED) is 0.804. The third-order valence-corrected chi connectivity index (χ3v) is 3.05. The lowest BCUT2D eigenvalue weighted by Crippen LogP contribution is -2.42. The zero-order valence-corrected chi connectivity index (χ0v) is 12.4. The minimum atomic E-state index is -0.170. The van der Waals surface area contributed by atoms with Crippen molar-refractivity contribution in [3.63, 3.8) is 0 Å². The molecule has 1 aromatic rings. The van der Waals surface area contributed by atoms with Crippen LogP contribution in [0.25, 0.3) is 0 Å². The van der Waals surface area contributed by atoms with Crippen molar-refractivity contribution in [3.8, 4) is 5.75 Å². The predicted octanol–water partition coefficient (Wildman–Crippen LogP) is 2.17. The van der Waals surface area contributed by atoms with Gasteiger partial charge in [-0.3, -0.25) is 0 Å². The summed E-state index contributed by atoms with van der Waals surface area (Å²) in [6.07, 6.45) is 0. The normalized spacial score (nSPS) is 11.8. The summed E-state index contributed by atoms with van der Waals surface area (Å²) >= 11 is 0. The molecule has 0 radical (unpaired) electrons. The molecule has 0 saturated carbocycles. The number of likely N-dealkylation sites (N-methyl/N-ethyl adjacent to an activating group) is 1. The number of hydrogen-bond donors (Lipinski definition) is 2. The fourth-order valence-electron chi connectivity index (χ4n) is 1.92. The third kappa shape index (κ3) is 4.74. The average molecular weight is 280 g/mol. The van der Waals surface area contributed by atoms with Gasteiger partial charge in [-0.2, -0.15) is 0 Å². The molecule has 0 aliphatic rings. The first kappa shape index (κ1) is 16.3. The molecule has 1 atom stereocenters. The van der Waals surface area contributed by atoms with Gasteiger partial charge < -0.3 is 20.1 Å². The van der Waals surface area contributed by atoms with E-state index in [0.717, 1.165) is 11.3 Å². The summed E-state index contributed by atoms with van der Waals surface area (Å²) in [5, 5.41) is 11.8. The van der Waals surface area contributed by atoms with Gasteiger partial charge >= 0.3 is 6.03 Å². The van der Waals surface area contributed by atoms with Crippen molar-refractivity contribution in [1.29, 1.82) is 0 Å². The van der Waals surface area contributed by atoms with Crippen molar-refractivity contribution < 1.29 is 14.6 Å². The Balaban J connectivity index is 2.67. The summed E-state index contributed by atoms with van der Waals surface area (Å²) < 4.78 is 5.45. The predicted molar refractivity (Wildman–Crippen MR) is 78.9 cm³/mol. The van der Waals surface area contributed by atoms with Crippen molar-refractivity contribution in [2.45, 2.75) is 26.8 Å². The Hall–Kier alpha value is -1.75. The minimum Gasteiger partial charge on any atom is -0.494 e. The van der Waals surface area contributed by atoms with E-state index in [4.69, 9.17) is 9.84 Å². The summed E-state index contributed by atoms with van der Waals surface area (Å²) in [5.74, 6) is 0.800. The van der Waals surface area contributed by atoms with Gasteiger partial charge in [0, 0.05) is 13.1 Å². The molecule has 1 unspecified atom stereocenters.